The van der Waals surface area contributed by atoms with E-state index in [4.69, 9.17) is 9.72 Å². The third-order valence-electron chi connectivity index (χ3n) is 4.77. The lowest BCUT2D eigenvalue weighted by atomic mass is 10.2. The number of para-hydroxylation sites is 3. The molecular weight excluding hydrogens is 363 g/mol. The van der Waals surface area contributed by atoms with E-state index in [9.17, 15) is 4.39 Å². The molecule has 0 aliphatic carbocycles. The smallest absolute Gasteiger partial charge is 0.133 e. The standard InChI is InChI=1S/C25H23FN2O/c26-21-15-12-20(13-16-21)14-17-25-27-23-10-4-5-11-24(23)28(25)18-6-7-19-29-22-8-2-1-3-9-22/h1-5,8-17H,6-7,18-19H2. The molecule has 1 heterocycles. The van der Waals surface area contributed by atoms with Crippen LogP contribution in [0.4, 0.5) is 4.39 Å². The summed E-state index contributed by atoms with van der Waals surface area (Å²) in [6.45, 7) is 1.55. The number of aryl methyl sites for hydroxylation is 1. The summed E-state index contributed by atoms with van der Waals surface area (Å²) in [4.78, 5) is 4.76. The molecule has 4 heteroatoms. The first kappa shape index (κ1) is 18.9. The van der Waals surface area contributed by atoms with Crippen LogP contribution in [0.25, 0.3) is 23.2 Å². The summed E-state index contributed by atoms with van der Waals surface area (Å²) in [6, 6.07) is 24.5. The molecular formula is C25H23FN2O. The first-order valence-electron chi connectivity index (χ1n) is 9.86. The molecule has 0 bridgehead atoms. The Labute approximate surface area is 170 Å². The molecule has 0 atom stereocenters. The van der Waals surface area contributed by atoms with Crippen molar-refractivity contribution in [2.45, 2.75) is 19.4 Å². The van der Waals surface area contributed by atoms with Crippen molar-refractivity contribution >= 4 is 23.2 Å². The van der Waals surface area contributed by atoms with E-state index in [1.165, 1.54) is 12.1 Å². The van der Waals surface area contributed by atoms with Crippen molar-refractivity contribution in [2.24, 2.45) is 0 Å². The number of halogens is 1. The molecule has 0 saturated carbocycles. The Morgan fingerprint density at radius 2 is 1.59 bits per heavy atom. The Bertz CT molecular complexity index is 1080. The predicted octanol–water partition coefficient (Wildman–Crippen LogP) is 6.21. The van der Waals surface area contributed by atoms with E-state index in [0.29, 0.717) is 6.61 Å². The molecule has 4 rings (SSSR count). The fourth-order valence-corrected chi connectivity index (χ4v) is 3.28. The van der Waals surface area contributed by atoms with Crippen LogP contribution in [-0.4, -0.2) is 16.2 Å². The number of benzene rings is 3. The van der Waals surface area contributed by atoms with Gasteiger partial charge in [0.15, 0.2) is 0 Å². The van der Waals surface area contributed by atoms with Crippen LogP contribution in [0.2, 0.25) is 0 Å². The second-order valence-electron chi connectivity index (χ2n) is 6.86. The Balaban J connectivity index is 1.44. The zero-order valence-electron chi connectivity index (χ0n) is 16.2. The highest BCUT2D eigenvalue weighted by atomic mass is 19.1. The summed E-state index contributed by atoms with van der Waals surface area (Å²) < 4.78 is 21.1. The molecule has 29 heavy (non-hydrogen) atoms. The van der Waals surface area contributed by atoms with Crippen molar-refractivity contribution in [1.82, 2.24) is 9.55 Å². The number of imidazole rings is 1. The van der Waals surface area contributed by atoms with E-state index in [2.05, 4.69) is 10.6 Å². The van der Waals surface area contributed by atoms with Gasteiger partial charge in [-0.05, 0) is 60.9 Å². The van der Waals surface area contributed by atoms with Crippen LogP contribution in [-0.2, 0) is 6.54 Å². The highest BCUT2D eigenvalue weighted by molar-refractivity contribution is 5.79. The first-order valence-corrected chi connectivity index (χ1v) is 9.86. The maximum Gasteiger partial charge on any atom is 0.133 e. The maximum absolute atomic E-state index is 13.1. The third-order valence-corrected chi connectivity index (χ3v) is 4.77. The lowest BCUT2D eigenvalue weighted by Gasteiger charge is -2.09. The summed E-state index contributed by atoms with van der Waals surface area (Å²) in [5.41, 5.74) is 3.04. The number of aromatic nitrogens is 2. The minimum Gasteiger partial charge on any atom is -0.494 e. The van der Waals surface area contributed by atoms with Crippen molar-refractivity contribution in [3.63, 3.8) is 0 Å². The van der Waals surface area contributed by atoms with Gasteiger partial charge in [0, 0.05) is 6.54 Å². The molecule has 1 aromatic heterocycles. The van der Waals surface area contributed by atoms with Crippen molar-refractivity contribution in [3.8, 4) is 5.75 Å². The van der Waals surface area contributed by atoms with Gasteiger partial charge in [-0.3, -0.25) is 0 Å². The van der Waals surface area contributed by atoms with E-state index < -0.39 is 0 Å². The summed E-state index contributed by atoms with van der Waals surface area (Å²) >= 11 is 0. The number of hydrogen-bond donors (Lipinski definition) is 0. The molecule has 0 amide bonds. The topological polar surface area (TPSA) is 27.1 Å². The highest BCUT2D eigenvalue weighted by Crippen LogP contribution is 2.19. The van der Waals surface area contributed by atoms with Crippen molar-refractivity contribution in [1.29, 1.82) is 0 Å². The summed E-state index contributed by atoms with van der Waals surface area (Å²) in [7, 11) is 0. The highest BCUT2D eigenvalue weighted by Gasteiger charge is 2.08. The lowest BCUT2D eigenvalue weighted by Crippen LogP contribution is -2.04. The van der Waals surface area contributed by atoms with Gasteiger partial charge in [-0.15, -0.1) is 0 Å². The monoisotopic (exact) mass is 386 g/mol. The molecule has 0 aliphatic rings. The number of hydrogen-bond acceptors (Lipinski definition) is 2. The van der Waals surface area contributed by atoms with Crippen LogP contribution in [0.5, 0.6) is 5.75 Å². The van der Waals surface area contributed by atoms with Gasteiger partial charge in [0.25, 0.3) is 0 Å². The Morgan fingerprint density at radius 3 is 2.41 bits per heavy atom. The van der Waals surface area contributed by atoms with Gasteiger partial charge in [-0.1, -0.05) is 48.5 Å². The van der Waals surface area contributed by atoms with Crippen LogP contribution >= 0.6 is 0 Å². The number of fused-ring (bicyclic) bond motifs is 1. The molecule has 0 aliphatic heterocycles. The van der Waals surface area contributed by atoms with Gasteiger partial charge in [-0.2, -0.15) is 0 Å². The molecule has 146 valence electrons. The van der Waals surface area contributed by atoms with Crippen LogP contribution in [0.15, 0.2) is 78.9 Å². The van der Waals surface area contributed by atoms with Gasteiger partial charge in [0.2, 0.25) is 0 Å². The normalized spacial score (nSPS) is 11.3. The lowest BCUT2D eigenvalue weighted by molar-refractivity contribution is 0.303. The Hall–Kier alpha value is -3.40. The average molecular weight is 386 g/mol. The number of nitrogens with zero attached hydrogens (tertiary/aromatic N) is 2. The molecule has 3 aromatic carbocycles. The largest absolute Gasteiger partial charge is 0.494 e. The summed E-state index contributed by atoms with van der Waals surface area (Å²) in [6.07, 6.45) is 5.91. The Morgan fingerprint density at radius 1 is 0.828 bits per heavy atom. The second-order valence-corrected chi connectivity index (χ2v) is 6.86. The fraction of sp³-hybridized carbons (Fsp3) is 0.160. The SMILES string of the molecule is Fc1ccc(C=Cc2nc3ccccc3n2CCCCOc2ccccc2)cc1. The van der Waals surface area contributed by atoms with Gasteiger partial charge < -0.3 is 9.30 Å². The zero-order chi connectivity index (χ0) is 19.9. The van der Waals surface area contributed by atoms with E-state index >= 15 is 0 Å². The zero-order valence-corrected chi connectivity index (χ0v) is 16.2. The van der Waals surface area contributed by atoms with Crippen molar-refractivity contribution in [3.05, 3.63) is 96.1 Å². The molecule has 0 saturated heterocycles. The Kier molecular flexibility index (Phi) is 6.01. The summed E-state index contributed by atoms with van der Waals surface area (Å²) in [5.74, 6) is 1.58. The molecule has 0 radical (unpaired) electrons. The van der Waals surface area contributed by atoms with Gasteiger partial charge >= 0.3 is 0 Å². The second kappa shape index (κ2) is 9.20. The van der Waals surface area contributed by atoms with Crippen molar-refractivity contribution < 1.29 is 9.13 Å². The number of unbranched alkanes of at least 4 members (excludes halogenated alkanes) is 1. The third kappa shape index (κ3) is 4.91. The quantitative estimate of drug-likeness (QED) is 0.337. The summed E-state index contributed by atoms with van der Waals surface area (Å²) in [5, 5.41) is 0. The fourth-order valence-electron chi connectivity index (χ4n) is 3.28. The van der Waals surface area contributed by atoms with Crippen LogP contribution < -0.4 is 4.74 Å². The van der Waals surface area contributed by atoms with E-state index in [-0.39, 0.29) is 5.82 Å². The molecule has 0 N–H and O–H groups in total. The van der Waals surface area contributed by atoms with E-state index in [1.807, 2.05) is 60.7 Å². The van der Waals surface area contributed by atoms with E-state index in [1.54, 1.807) is 12.1 Å². The number of ether oxygens (including phenoxy) is 1. The van der Waals surface area contributed by atoms with Crippen LogP contribution in [0.1, 0.15) is 24.2 Å². The van der Waals surface area contributed by atoms with Crippen LogP contribution in [0.3, 0.4) is 0 Å². The van der Waals surface area contributed by atoms with Crippen LogP contribution in [0, 0.1) is 5.82 Å². The predicted molar refractivity (Wildman–Crippen MR) is 116 cm³/mol. The minimum absolute atomic E-state index is 0.230. The average Bonchev–Trinajstić information content (AvgIpc) is 3.11. The van der Waals surface area contributed by atoms with E-state index in [0.717, 1.165) is 47.6 Å². The van der Waals surface area contributed by atoms with Crippen molar-refractivity contribution in [2.75, 3.05) is 6.61 Å². The molecule has 0 spiro atoms. The van der Waals surface area contributed by atoms with Gasteiger partial charge in [0.1, 0.15) is 17.4 Å². The molecule has 0 unspecified atom stereocenters. The van der Waals surface area contributed by atoms with Gasteiger partial charge in [0.05, 0.1) is 17.6 Å². The number of rotatable bonds is 8. The first-order chi connectivity index (χ1) is 14.3. The minimum atomic E-state index is -0.230. The molecule has 3 nitrogen and oxygen atoms in total. The maximum atomic E-state index is 13.1. The van der Waals surface area contributed by atoms with Gasteiger partial charge in [-0.25, -0.2) is 9.37 Å². The molecule has 0 fully saturated rings. The molecule has 4 aromatic rings.